The van der Waals surface area contributed by atoms with E-state index < -0.39 is 0 Å². The number of piperazine rings is 1. The summed E-state index contributed by atoms with van der Waals surface area (Å²) in [4.78, 5) is 17.3. The first-order chi connectivity index (χ1) is 18.0. The van der Waals surface area contributed by atoms with Crippen LogP contribution >= 0.6 is 12.2 Å². The van der Waals surface area contributed by atoms with Crippen molar-refractivity contribution in [3.8, 4) is 22.6 Å². The summed E-state index contributed by atoms with van der Waals surface area (Å²) in [7, 11) is 0. The van der Waals surface area contributed by atoms with Gasteiger partial charge in [-0.25, -0.2) is 4.39 Å². The van der Waals surface area contributed by atoms with E-state index in [1.54, 1.807) is 42.5 Å². The van der Waals surface area contributed by atoms with E-state index in [2.05, 4.69) is 15.1 Å². The van der Waals surface area contributed by atoms with Crippen molar-refractivity contribution in [3.05, 3.63) is 89.0 Å². The third-order valence-electron chi connectivity index (χ3n) is 6.34. The molecule has 0 radical (unpaired) electrons. The predicted octanol–water partition coefficient (Wildman–Crippen LogP) is 4.70. The van der Waals surface area contributed by atoms with Crippen molar-refractivity contribution in [3.63, 3.8) is 0 Å². The number of phenolic OH excluding ortho intramolecular Hbond substituents is 1. The van der Waals surface area contributed by atoms with Gasteiger partial charge in [-0.2, -0.15) is 0 Å². The molecule has 7 nitrogen and oxygen atoms in total. The Labute approximate surface area is 218 Å². The maximum atomic E-state index is 13.4. The lowest BCUT2D eigenvalue weighted by Gasteiger charge is -2.36. The number of halogens is 1. The van der Waals surface area contributed by atoms with Gasteiger partial charge in [0.15, 0.2) is 10.5 Å². The van der Waals surface area contributed by atoms with Crippen LogP contribution in [0.5, 0.6) is 11.5 Å². The number of hydrogen-bond acceptors (Lipinski definition) is 6. The van der Waals surface area contributed by atoms with Crippen molar-refractivity contribution in [2.45, 2.75) is 0 Å². The van der Waals surface area contributed by atoms with E-state index in [0.29, 0.717) is 45.3 Å². The van der Waals surface area contributed by atoms with Gasteiger partial charge in [-0.3, -0.25) is 9.69 Å². The van der Waals surface area contributed by atoms with Crippen LogP contribution in [0.3, 0.4) is 0 Å². The second-order valence-electron chi connectivity index (χ2n) is 8.80. The smallest absolute Gasteiger partial charge is 0.200 e. The van der Waals surface area contributed by atoms with Crippen LogP contribution in [0, 0.1) is 5.82 Å². The third-order valence-corrected chi connectivity index (χ3v) is 6.70. The molecule has 190 valence electrons. The quantitative estimate of drug-likeness (QED) is 0.355. The SMILES string of the molecule is O=c1c(-c2ccc(O)cc2)coc2cc(OCCN3CCN(C(=S)Nc4cccc(F)c4)CC3)ccc12. The average molecular weight is 520 g/mol. The Morgan fingerprint density at radius 2 is 1.84 bits per heavy atom. The summed E-state index contributed by atoms with van der Waals surface area (Å²) in [6.07, 6.45) is 1.44. The summed E-state index contributed by atoms with van der Waals surface area (Å²) in [6.45, 7) is 4.45. The number of ether oxygens (including phenoxy) is 1. The first kappa shape index (κ1) is 24.7. The van der Waals surface area contributed by atoms with Gasteiger partial charge in [-0.15, -0.1) is 0 Å². The highest BCUT2D eigenvalue weighted by Crippen LogP contribution is 2.24. The monoisotopic (exact) mass is 519 g/mol. The zero-order valence-corrected chi connectivity index (χ0v) is 20.8. The van der Waals surface area contributed by atoms with Crippen molar-refractivity contribution in [2.75, 3.05) is 44.6 Å². The Morgan fingerprint density at radius 1 is 1.05 bits per heavy atom. The van der Waals surface area contributed by atoms with Crippen molar-refractivity contribution in [2.24, 2.45) is 0 Å². The second kappa shape index (κ2) is 11.0. The van der Waals surface area contributed by atoms with Gasteiger partial charge in [0.05, 0.1) is 10.9 Å². The first-order valence-electron chi connectivity index (χ1n) is 12.0. The molecule has 1 saturated heterocycles. The molecule has 0 amide bonds. The van der Waals surface area contributed by atoms with Crippen LogP contribution in [-0.2, 0) is 0 Å². The van der Waals surface area contributed by atoms with Crippen LogP contribution in [0.15, 0.2) is 82.2 Å². The summed E-state index contributed by atoms with van der Waals surface area (Å²) < 4.78 is 25.1. The van der Waals surface area contributed by atoms with Crippen LogP contribution in [-0.4, -0.2) is 59.3 Å². The van der Waals surface area contributed by atoms with Gasteiger partial charge in [0.1, 0.15) is 35.8 Å². The second-order valence-corrected chi connectivity index (χ2v) is 9.19. The molecule has 0 saturated carbocycles. The van der Waals surface area contributed by atoms with E-state index in [1.807, 2.05) is 0 Å². The fourth-order valence-electron chi connectivity index (χ4n) is 4.27. The maximum Gasteiger partial charge on any atom is 0.200 e. The lowest BCUT2D eigenvalue weighted by molar-refractivity contribution is 0.155. The molecule has 3 aromatic carbocycles. The normalized spacial score (nSPS) is 14.0. The maximum absolute atomic E-state index is 13.4. The average Bonchev–Trinajstić information content (AvgIpc) is 2.90. The summed E-state index contributed by atoms with van der Waals surface area (Å²) in [5.74, 6) is 0.469. The number of aromatic hydroxyl groups is 1. The van der Waals surface area contributed by atoms with E-state index in [9.17, 15) is 14.3 Å². The molecule has 9 heteroatoms. The molecule has 0 spiro atoms. The number of anilines is 1. The Morgan fingerprint density at radius 3 is 2.59 bits per heavy atom. The van der Waals surface area contributed by atoms with Crippen LogP contribution < -0.4 is 15.5 Å². The van der Waals surface area contributed by atoms with Crippen LogP contribution in [0.4, 0.5) is 10.1 Å². The number of rotatable bonds is 6. The summed E-state index contributed by atoms with van der Waals surface area (Å²) >= 11 is 5.49. The highest BCUT2D eigenvalue weighted by Gasteiger charge is 2.19. The van der Waals surface area contributed by atoms with Crippen molar-refractivity contribution >= 4 is 34.0 Å². The lowest BCUT2D eigenvalue weighted by Crippen LogP contribution is -2.50. The molecule has 0 aliphatic carbocycles. The number of hydrogen-bond donors (Lipinski definition) is 2. The first-order valence-corrected chi connectivity index (χ1v) is 12.4. The number of benzene rings is 3. The molecule has 5 rings (SSSR count). The van der Waals surface area contributed by atoms with E-state index in [0.717, 1.165) is 32.7 Å². The molecule has 37 heavy (non-hydrogen) atoms. The van der Waals surface area contributed by atoms with Crippen molar-refractivity contribution in [1.82, 2.24) is 9.80 Å². The molecule has 4 aromatic rings. The molecule has 1 fully saturated rings. The lowest BCUT2D eigenvalue weighted by atomic mass is 10.1. The molecular weight excluding hydrogens is 493 g/mol. The van der Waals surface area contributed by atoms with E-state index in [-0.39, 0.29) is 17.0 Å². The minimum Gasteiger partial charge on any atom is -0.508 e. The van der Waals surface area contributed by atoms with E-state index in [4.69, 9.17) is 21.4 Å². The summed E-state index contributed by atoms with van der Waals surface area (Å²) in [6, 6.07) is 17.9. The van der Waals surface area contributed by atoms with Crippen molar-refractivity contribution in [1.29, 1.82) is 0 Å². The van der Waals surface area contributed by atoms with Crippen LogP contribution in [0.25, 0.3) is 22.1 Å². The molecule has 0 atom stereocenters. The molecule has 0 bridgehead atoms. The topological polar surface area (TPSA) is 78.2 Å². The van der Waals surface area contributed by atoms with Gasteiger partial charge >= 0.3 is 0 Å². The third kappa shape index (κ3) is 5.90. The molecule has 2 N–H and O–H groups in total. The molecule has 1 aliphatic heterocycles. The minimum absolute atomic E-state index is 0.138. The van der Waals surface area contributed by atoms with Crippen LogP contribution in [0.2, 0.25) is 0 Å². The zero-order valence-electron chi connectivity index (χ0n) is 20.0. The Balaban J connectivity index is 1.12. The number of phenols is 1. The Bertz CT molecular complexity index is 1470. The molecule has 1 aliphatic rings. The van der Waals surface area contributed by atoms with Gasteiger partial charge in [0.2, 0.25) is 0 Å². The fraction of sp³-hybridized carbons (Fsp3) is 0.214. The summed E-state index contributed by atoms with van der Waals surface area (Å²) in [5, 5.41) is 13.6. The van der Waals surface area contributed by atoms with Crippen LogP contribution in [0.1, 0.15) is 0 Å². The number of thiocarbonyl (C=S) groups is 1. The van der Waals surface area contributed by atoms with E-state index in [1.165, 1.54) is 30.5 Å². The number of nitrogens with zero attached hydrogens (tertiary/aromatic N) is 2. The van der Waals surface area contributed by atoms with Gasteiger partial charge in [0.25, 0.3) is 0 Å². The Hall–Kier alpha value is -3.95. The van der Waals surface area contributed by atoms with E-state index >= 15 is 0 Å². The molecule has 0 unspecified atom stereocenters. The number of nitrogens with one attached hydrogen (secondary N) is 1. The minimum atomic E-state index is -0.301. The van der Waals surface area contributed by atoms with Gasteiger partial charge in [-0.05, 0) is 60.2 Å². The molecule has 1 aromatic heterocycles. The highest BCUT2D eigenvalue weighted by atomic mass is 32.1. The largest absolute Gasteiger partial charge is 0.508 e. The summed E-state index contributed by atoms with van der Waals surface area (Å²) in [5.41, 5.74) is 2.08. The number of fused-ring (bicyclic) bond motifs is 1. The van der Waals surface area contributed by atoms with Gasteiger partial charge in [-0.1, -0.05) is 18.2 Å². The predicted molar refractivity (Wildman–Crippen MR) is 146 cm³/mol. The molecular formula is C28H26FN3O4S. The molecule has 2 heterocycles. The Kier molecular flexibility index (Phi) is 7.34. The van der Waals surface area contributed by atoms with Gasteiger partial charge in [0, 0.05) is 44.5 Å². The van der Waals surface area contributed by atoms with Crippen molar-refractivity contribution < 1.29 is 18.7 Å². The zero-order chi connectivity index (χ0) is 25.8. The fourth-order valence-corrected chi connectivity index (χ4v) is 4.58. The highest BCUT2D eigenvalue weighted by molar-refractivity contribution is 7.80. The standard InChI is InChI=1S/C28H26FN3O4S/c29-20-2-1-3-21(16-20)30-28(37)32-12-10-31(11-13-32)14-15-35-23-8-9-24-26(17-23)36-18-25(27(24)34)19-4-6-22(33)7-5-19/h1-9,16-18,33H,10-15H2,(H,30,37). The van der Waals surface area contributed by atoms with Gasteiger partial charge < -0.3 is 24.5 Å².